The van der Waals surface area contributed by atoms with Crippen LogP contribution in [0.1, 0.15) is 30.0 Å². The molecule has 1 aromatic heterocycles. The van der Waals surface area contributed by atoms with E-state index in [9.17, 15) is 4.39 Å². The third-order valence-electron chi connectivity index (χ3n) is 5.45. The fraction of sp³-hybridized carbons (Fsp3) is 0.304. The zero-order chi connectivity index (χ0) is 20.2. The normalized spacial score (nSPS) is 17.2. The summed E-state index contributed by atoms with van der Waals surface area (Å²) in [4.78, 5) is 11.2. The molecule has 3 aromatic rings. The largest absolute Gasteiger partial charge is 0.497 e. The molecule has 1 aliphatic rings. The van der Waals surface area contributed by atoms with Crippen LogP contribution >= 0.6 is 0 Å². The van der Waals surface area contributed by atoms with Gasteiger partial charge in [0.25, 0.3) is 0 Å². The van der Waals surface area contributed by atoms with E-state index >= 15 is 0 Å². The third kappa shape index (κ3) is 4.54. The lowest BCUT2D eigenvalue weighted by molar-refractivity contribution is 0.198. The molecule has 4 rings (SSSR count). The number of ether oxygens (including phenoxy) is 1. The molecule has 1 saturated heterocycles. The molecule has 29 heavy (non-hydrogen) atoms. The van der Waals surface area contributed by atoms with Gasteiger partial charge >= 0.3 is 0 Å². The van der Waals surface area contributed by atoms with Gasteiger partial charge in [-0.2, -0.15) is 0 Å². The first-order valence-electron chi connectivity index (χ1n) is 9.86. The molecule has 2 aromatic carbocycles. The fourth-order valence-electron chi connectivity index (χ4n) is 3.98. The van der Waals surface area contributed by atoms with E-state index < -0.39 is 0 Å². The Balaban J connectivity index is 1.56. The van der Waals surface area contributed by atoms with Gasteiger partial charge in [-0.1, -0.05) is 24.3 Å². The van der Waals surface area contributed by atoms with E-state index in [0.29, 0.717) is 0 Å². The molecule has 1 aliphatic heterocycles. The number of hydrogen-bond acceptors (Lipinski definition) is 5. The highest BCUT2D eigenvalue weighted by Gasteiger charge is 2.25. The highest BCUT2D eigenvalue weighted by Crippen LogP contribution is 2.34. The molecule has 0 radical (unpaired) electrons. The minimum atomic E-state index is -0.255. The molecule has 1 unspecified atom stereocenters. The topological polar surface area (TPSA) is 64.3 Å². The number of anilines is 1. The number of aromatic nitrogens is 2. The van der Waals surface area contributed by atoms with E-state index in [4.69, 9.17) is 10.5 Å². The van der Waals surface area contributed by atoms with Crippen molar-refractivity contribution in [2.24, 2.45) is 0 Å². The SMILES string of the molecule is COc1ccc(CN2CCCC(c3nc(N)ncc3-c3ccc(F)cc3)C2)cc1. The van der Waals surface area contributed by atoms with Crippen molar-refractivity contribution in [1.82, 2.24) is 14.9 Å². The first kappa shape index (κ1) is 19.3. The van der Waals surface area contributed by atoms with Crippen LogP contribution in [0.2, 0.25) is 0 Å². The van der Waals surface area contributed by atoms with E-state index in [-0.39, 0.29) is 17.7 Å². The summed E-state index contributed by atoms with van der Waals surface area (Å²) in [5.41, 5.74) is 9.96. The lowest BCUT2D eigenvalue weighted by Crippen LogP contribution is -2.34. The van der Waals surface area contributed by atoms with Crippen molar-refractivity contribution < 1.29 is 9.13 Å². The number of hydrogen-bond donors (Lipinski definition) is 1. The maximum absolute atomic E-state index is 13.4. The van der Waals surface area contributed by atoms with Crippen LogP contribution in [0.15, 0.2) is 54.7 Å². The number of halogens is 1. The van der Waals surface area contributed by atoms with Gasteiger partial charge in [0.15, 0.2) is 0 Å². The average Bonchev–Trinajstić information content (AvgIpc) is 2.75. The van der Waals surface area contributed by atoms with Gasteiger partial charge in [0.1, 0.15) is 11.6 Å². The molecule has 0 bridgehead atoms. The summed E-state index contributed by atoms with van der Waals surface area (Å²) in [6.45, 7) is 2.83. The highest BCUT2D eigenvalue weighted by atomic mass is 19.1. The zero-order valence-corrected chi connectivity index (χ0v) is 16.5. The quantitative estimate of drug-likeness (QED) is 0.703. The minimum absolute atomic E-state index is 0.255. The second-order valence-corrected chi connectivity index (χ2v) is 7.46. The van der Waals surface area contributed by atoms with Gasteiger partial charge in [-0.15, -0.1) is 0 Å². The van der Waals surface area contributed by atoms with Crippen molar-refractivity contribution in [3.05, 3.63) is 71.8 Å². The number of nitrogen functional groups attached to an aromatic ring is 1. The van der Waals surface area contributed by atoms with Gasteiger partial charge in [0.2, 0.25) is 5.95 Å². The Morgan fingerprint density at radius 2 is 1.90 bits per heavy atom. The summed E-state index contributed by atoms with van der Waals surface area (Å²) in [6, 6.07) is 14.7. The standard InChI is InChI=1S/C23H25FN4O/c1-29-20-10-4-16(5-11-20)14-28-12-2-3-18(15-28)22-21(13-26-23(25)27-22)17-6-8-19(24)9-7-17/h4-11,13,18H,2-3,12,14-15H2,1H3,(H2,25,26,27). The van der Waals surface area contributed by atoms with E-state index in [2.05, 4.69) is 27.0 Å². The van der Waals surface area contributed by atoms with Crippen LogP contribution in [0, 0.1) is 5.82 Å². The summed E-state index contributed by atoms with van der Waals surface area (Å²) in [5.74, 6) is 1.14. The Labute approximate surface area is 170 Å². The number of nitrogens with two attached hydrogens (primary N) is 1. The Hall–Kier alpha value is -2.99. The summed E-state index contributed by atoms with van der Waals surface area (Å²) in [6.07, 6.45) is 3.89. The Bertz CT molecular complexity index is 960. The molecule has 0 aliphatic carbocycles. The van der Waals surface area contributed by atoms with Crippen molar-refractivity contribution in [3.63, 3.8) is 0 Å². The molecule has 0 spiro atoms. The van der Waals surface area contributed by atoms with Crippen molar-refractivity contribution >= 4 is 5.95 Å². The lowest BCUT2D eigenvalue weighted by Gasteiger charge is -2.33. The summed E-state index contributed by atoms with van der Waals surface area (Å²) >= 11 is 0. The molecule has 0 amide bonds. The highest BCUT2D eigenvalue weighted by molar-refractivity contribution is 5.66. The number of benzene rings is 2. The van der Waals surface area contributed by atoms with Gasteiger partial charge < -0.3 is 10.5 Å². The Morgan fingerprint density at radius 1 is 1.14 bits per heavy atom. The zero-order valence-electron chi connectivity index (χ0n) is 16.5. The molecule has 2 heterocycles. The number of piperidine rings is 1. The molecule has 0 saturated carbocycles. The summed E-state index contributed by atoms with van der Waals surface area (Å²) in [7, 11) is 1.68. The number of nitrogens with zero attached hydrogens (tertiary/aromatic N) is 3. The van der Waals surface area contributed by atoms with Gasteiger partial charge in [0, 0.05) is 30.8 Å². The van der Waals surface area contributed by atoms with Crippen LogP contribution in [0.3, 0.4) is 0 Å². The molecular formula is C23H25FN4O. The van der Waals surface area contributed by atoms with Gasteiger partial charge in [-0.05, 0) is 54.8 Å². The maximum Gasteiger partial charge on any atom is 0.220 e. The van der Waals surface area contributed by atoms with Crippen LogP contribution in [-0.2, 0) is 6.54 Å². The third-order valence-corrected chi connectivity index (χ3v) is 5.45. The van der Waals surface area contributed by atoms with E-state index in [1.54, 1.807) is 25.4 Å². The van der Waals surface area contributed by atoms with Crippen LogP contribution in [0.4, 0.5) is 10.3 Å². The van der Waals surface area contributed by atoms with Crippen molar-refractivity contribution in [3.8, 4) is 16.9 Å². The fourth-order valence-corrected chi connectivity index (χ4v) is 3.98. The monoisotopic (exact) mass is 392 g/mol. The van der Waals surface area contributed by atoms with Crippen molar-refractivity contribution in [2.75, 3.05) is 25.9 Å². The maximum atomic E-state index is 13.4. The van der Waals surface area contributed by atoms with Crippen LogP contribution in [0.5, 0.6) is 5.75 Å². The second-order valence-electron chi connectivity index (χ2n) is 7.46. The molecule has 2 N–H and O–H groups in total. The first-order valence-corrected chi connectivity index (χ1v) is 9.86. The van der Waals surface area contributed by atoms with Gasteiger partial charge in [-0.25, -0.2) is 14.4 Å². The predicted octanol–water partition coefficient (Wildman–Crippen LogP) is 4.25. The van der Waals surface area contributed by atoms with Gasteiger partial charge in [0.05, 0.1) is 12.8 Å². The van der Waals surface area contributed by atoms with Gasteiger partial charge in [-0.3, -0.25) is 4.90 Å². The number of methoxy groups -OCH3 is 1. The second kappa shape index (κ2) is 8.57. The molecule has 6 heteroatoms. The summed E-state index contributed by atoms with van der Waals surface area (Å²) < 4.78 is 18.6. The molecule has 1 fully saturated rings. The van der Waals surface area contributed by atoms with Crippen molar-refractivity contribution in [2.45, 2.75) is 25.3 Å². The van der Waals surface area contributed by atoms with Crippen LogP contribution < -0.4 is 10.5 Å². The molecule has 150 valence electrons. The molecule has 5 nitrogen and oxygen atoms in total. The van der Waals surface area contributed by atoms with Crippen molar-refractivity contribution in [1.29, 1.82) is 0 Å². The molecule has 1 atom stereocenters. The first-order chi connectivity index (χ1) is 14.1. The summed E-state index contributed by atoms with van der Waals surface area (Å²) in [5, 5.41) is 0. The number of rotatable bonds is 5. The number of likely N-dealkylation sites (tertiary alicyclic amines) is 1. The van der Waals surface area contributed by atoms with Crippen LogP contribution in [0.25, 0.3) is 11.1 Å². The van der Waals surface area contributed by atoms with E-state index in [1.165, 1.54) is 17.7 Å². The van der Waals surface area contributed by atoms with Crippen LogP contribution in [-0.4, -0.2) is 35.1 Å². The minimum Gasteiger partial charge on any atom is -0.497 e. The van der Waals surface area contributed by atoms with E-state index in [1.807, 2.05) is 12.1 Å². The Morgan fingerprint density at radius 3 is 2.62 bits per heavy atom. The Kier molecular flexibility index (Phi) is 5.71. The smallest absolute Gasteiger partial charge is 0.220 e. The van der Waals surface area contributed by atoms with E-state index in [0.717, 1.165) is 55.0 Å². The lowest BCUT2D eigenvalue weighted by atomic mass is 9.89. The predicted molar refractivity (Wildman–Crippen MR) is 112 cm³/mol. The molecular weight excluding hydrogens is 367 g/mol. The average molecular weight is 392 g/mol.